The van der Waals surface area contributed by atoms with Crippen LogP contribution in [-0.4, -0.2) is 23.9 Å². The fraction of sp³-hybridized carbons (Fsp3) is 0.176. The highest BCUT2D eigenvalue weighted by atomic mass is 35.5. The first-order valence-corrected chi connectivity index (χ1v) is 9.74. The Labute approximate surface area is 167 Å². The Morgan fingerprint density at radius 3 is 2.52 bits per heavy atom. The number of pyridine rings is 2. The molecule has 0 aliphatic rings. The Morgan fingerprint density at radius 2 is 1.86 bits per heavy atom. The summed E-state index contributed by atoms with van der Waals surface area (Å²) in [5, 5.41) is 3.19. The minimum atomic E-state index is -5.90. The Hall–Kier alpha value is -2.66. The SMILES string of the molecule is CC(Nc1c(Cl)cnc2cnc(OS(=O)(=O)C(F)(F)F)cc12)c1ccccc1F. The molecule has 1 N–H and O–H groups in total. The first kappa shape index (κ1) is 21.1. The molecule has 1 aromatic carbocycles. The quantitative estimate of drug-likeness (QED) is 0.341. The highest BCUT2D eigenvalue weighted by Gasteiger charge is 2.48. The first-order chi connectivity index (χ1) is 13.5. The summed E-state index contributed by atoms with van der Waals surface area (Å²) in [6, 6.07) is 6.36. The molecule has 0 radical (unpaired) electrons. The lowest BCUT2D eigenvalue weighted by atomic mass is 10.1. The number of fused-ring (bicyclic) bond motifs is 1. The van der Waals surface area contributed by atoms with Gasteiger partial charge in [-0.2, -0.15) is 21.6 Å². The predicted molar refractivity (Wildman–Crippen MR) is 98.6 cm³/mol. The predicted octanol–water partition coefficient (Wildman–Crippen LogP) is 4.82. The highest BCUT2D eigenvalue weighted by Crippen LogP contribution is 2.35. The van der Waals surface area contributed by atoms with Gasteiger partial charge in [0.25, 0.3) is 0 Å². The molecule has 0 bridgehead atoms. The van der Waals surface area contributed by atoms with Crippen molar-refractivity contribution >= 4 is 38.3 Å². The maximum absolute atomic E-state index is 14.0. The summed E-state index contributed by atoms with van der Waals surface area (Å²) in [4.78, 5) is 7.52. The number of nitrogens with zero attached hydrogens (tertiary/aromatic N) is 2. The molecule has 29 heavy (non-hydrogen) atoms. The van der Waals surface area contributed by atoms with Gasteiger partial charge in [-0.3, -0.25) is 4.98 Å². The Balaban J connectivity index is 2.03. The van der Waals surface area contributed by atoms with Gasteiger partial charge in [0, 0.05) is 23.2 Å². The lowest BCUT2D eigenvalue weighted by Gasteiger charge is -2.19. The summed E-state index contributed by atoms with van der Waals surface area (Å²) in [6.45, 7) is 1.65. The second kappa shape index (κ2) is 7.64. The third kappa shape index (κ3) is 4.35. The molecule has 1 unspecified atom stereocenters. The Morgan fingerprint density at radius 1 is 1.17 bits per heavy atom. The van der Waals surface area contributed by atoms with Crippen molar-refractivity contribution < 1.29 is 30.2 Å². The molecule has 0 spiro atoms. The number of benzene rings is 1. The fourth-order valence-corrected chi connectivity index (χ4v) is 3.14. The van der Waals surface area contributed by atoms with Gasteiger partial charge in [-0.1, -0.05) is 29.8 Å². The van der Waals surface area contributed by atoms with Gasteiger partial charge in [-0.15, -0.1) is 0 Å². The third-order valence-electron chi connectivity index (χ3n) is 3.89. The van der Waals surface area contributed by atoms with E-state index in [2.05, 4.69) is 19.5 Å². The van der Waals surface area contributed by atoms with E-state index in [9.17, 15) is 26.0 Å². The van der Waals surface area contributed by atoms with Crippen molar-refractivity contribution in [2.75, 3.05) is 5.32 Å². The van der Waals surface area contributed by atoms with E-state index in [4.69, 9.17) is 11.6 Å². The van der Waals surface area contributed by atoms with Crippen LogP contribution in [0.5, 0.6) is 5.88 Å². The van der Waals surface area contributed by atoms with Crippen LogP contribution >= 0.6 is 11.6 Å². The van der Waals surface area contributed by atoms with Crippen molar-refractivity contribution in [1.82, 2.24) is 9.97 Å². The van der Waals surface area contributed by atoms with Gasteiger partial charge in [0.15, 0.2) is 0 Å². The number of halogens is 5. The molecule has 0 saturated carbocycles. The van der Waals surface area contributed by atoms with E-state index in [0.29, 0.717) is 5.56 Å². The summed E-state index contributed by atoms with van der Waals surface area (Å²) >= 11 is 6.15. The van der Waals surface area contributed by atoms with E-state index in [-0.39, 0.29) is 21.6 Å². The van der Waals surface area contributed by atoms with Crippen molar-refractivity contribution in [2.24, 2.45) is 0 Å². The molecule has 154 valence electrons. The van der Waals surface area contributed by atoms with E-state index in [0.717, 1.165) is 12.3 Å². The number of aromatic nitrogens is 2. The number of rotatable bonds is 5. The van der Waals surface area contributed by atoms with E-state index in [1.807, 2.05) is 0 Å². The summed E-state index contributed by atoms with van der Waals surface area (Å²) in [7, 11) is -5.90. The van der Waals surface area contributed by atoms with Crippen LogP contribution in [-0.2, 0) is 10.1 Å². The van der Waals surface area contributed by atoms with Gasteiger partial charge < -0.3 is 9.50 Å². The molecule has 12 heteroatoms. The van der Waals surface area contributed by atoms with E-state index in [1.165, 1.54) is 18.3 Å². The Kier molecular flexibility index (Phi) is 5.54. The summed E-state index contributed by atoms with van der Waals surface area (Å²) < 4.78 is 78.2. The van der Waals surface area contributed by atoms with Crippen LogP contribution in [0.4, 0.5) is 23.2 Å². The molecule has 0 fully saturated rings. The zero-order valence-corrected chi connectivity index (χ0v) is 16.1. The summed E-state index contributed by atoms with van der Waals surface area (Å²) in [6.07, 6.45) is 2.31. The molecule has 0 aliphatic heterocycles. The molecule has 2 aromatic heterocycles. The molecule has 0 saturated heterocycles. The monoisotopic (exact) mass is 449 g/mol. The standard InChI is InChI=1S/C17H12ClF4N3O3S/c1-9(10-4-2-3-5-13(10)19)25-16-11-6-15(28-29(26,27)17(20,21)22)24-8-14(11)23-7-12(16)18/h2-9H,1H3,(H,23,25). The van der Waals surface area contributed by atoms with E-state index < -0.39 is 33.4 Å². The van der Waals surface area contributed by atoms with Crippen LogP contribution in [0.25, 0.3) is 10.9 Å². The molecule has 6 nitrogen and oxygen atoms in total. The normalized spacial score (nSPS) is 13.3. The fourth-order valence-electron chi connectivity index (χ4n) is 2.52. The minimum absolute atomic E-state index is 0.0801. The Bertz CT molecular complexity index is 1170. The van der Waals surface area contributed by atoms with Gasteiger partial charge in [-0.05, 0) is 13.0 Å². The molecular formula is C17H12ClF4N3O3S. The largest absolute Gasteiger partial charge is 0.534 e. The molecule has 3 aromatic rings. The number of nitrogens with one attached hydrogen (secondary N) is 1. The van der Waals surface area contributed by atoms with Crippen molar-refractivity contribution in [2.45, 2.75) is 18.5 Å². The number of alkyl halides is 3. The van der Waals surface area contributed by atoms with Gasteiger partial charge in [0.05, 0.1) is 28.5 Å². The van der Waals surface area contributed by atoms with E-state index >= 15 is 0 Å². The smallest absolute Gasteiger partial charge is 0.377 e. The van der Waals surface area contributed by atoms with Gasteiger partial charge in [0.2, 0.25) is 5.88 Å². The van der Waals surface area contributed by atoms with Crippen LogP contribution in [0, 0.1) is 5.82 Å². The molecule has 3 rings (SSSR count). The van der Waals surface area contributed by atoms with Crippen LogP contribution in [0.1, 0.15) is 18.5 Å². The second-order valence-corrected chi connectivity index (χ2v) is 7.84. The number of hydrogen-bond acceptors (Lipinski definition) is 6. The average molecular weight is 450 g/mol. The van der Waals surface area contributed by atoms with Crippen molar-refractivity contribution in [3.05, 3.63) is 59.1 Å². The maximum Gasteiger partial charge on any atom is 0.534 e. The van der Waals surface area contributed by atoms with Crippen molar-refractivity contribution in [3.63, 3.8) is 0 Å². The van der Waals surface area contributed by atoms with Crippen LogP contribution in [0.2, 0.25) is 5.02 Å². The average Bonchev–Trinajstić information content (AvgIpc) is 2.63. The zero-order chi connectivity index (χ0) is 21.4. The molecule has 1 atom stereocenters. The number of anilines is 1. The summed E-state index contributed by atoms with van der Waals surface area (Å²) in [5.41, 5.74) is -4.89. The second-order valence-electron chi connectivity index (χ2n) is 5.89. The van der Waals surface area contributed by atoms with Crippen LogP contribution in [0.15, 0.2) is 42.7 Å². The lowest BCUT2D eigenvalue weighted by molar-refractivity contribution is -0.0501. The lowest BCUT2D eigenvalue weighted by Crippen LogP contribution is -2.28. The minimum Gasteiger partial charge on any atom is -0.377 e. The highest BCUT2D eigenvalue weighted by molar-refractivity contribution is 7.87. The topological polar surface area (TPSA) is 81.2 Å². The molecular weight excluding hydrogens is 438 g/mol. The first-order valence-electron chi connectivity index (χ1n) is 7.95. The zero-order valence-electron chi connectivity index (χ0n) is 14.5. The third-order valence-corrected chi connectivity index (χ3v) is 5.14. The van der Waals surface area contributed by atoms with Crippen LogP contribution < -0.4 is 9.50 Å². The summed E-state index contributed by atoms with van der Waals surface area (Å²) in [5.74, 6) is -1.29. The van der Waals surface area contributed by atoms with Gasteiger partial charge >= 0.3 is 15.6 Å². The molecule has 0 amide bonds. The number of hydrogen-bond donors (Lipinski definition) is 1. The molecule has 0 aliphatic carbocycles. The van der Waals surface area contributed by atoms with E-state index in [1.54, 1.807) is 19.1 Å². The molecule has 2 heterocycles. The van der Waals surface area contributed by atoms with Gasteiger partial charge in [0.1, 0.15) is 5.82 Å². The van der Waals surface area contributed by atoms with Crippen molar-refractivity contribution in [1.29, 1.82) is 0 Å². The van der Waals surface area contributed by atoms with Crippen LogP contribution in [0.3, 0.4) is 0 Å². The van der Waals surface area contributed by atoms with Crippen molar-refractivity contribution in [3.8, 4) is 5.88 Å². The maximum atomic E-state index is 14.0. The van der Waals surface area contributed by atoms with Gasteiger partial charge in [-0.25, -0.2) is 9.37 Å².